The predicted molar refractivity (Wildman–Crippen MR) is 80.9 cm³/mol. The summed E-state index contributed by atoms with van der Waals surface area (Å²) >= 11 is 3.44. The Balaban J connectivity index is 2.25. The number of hydrogen-bond acceptors (Lipinski definition) is 3. The maximum absolute atomic E-state index is 13.4. The highest BCUT2D eigenvalue weighted by molar-refractivity contribution is 9.10. The SMILES string of the molecule is COCCCNc1nc(C)cn1-c1cc(F)ccc1Br. The summed E-state index contributed by atoms with van der Waals surface area (Å²) < 4.78 is 21.1. The number of aryl methyl sites for hydroxylation is 1. The van der Waals surface area contributed by atoms with Gasteiger partial charge < -0.3 is 10.1 Å². The van der Waals surface area contributed by atoms with E-state index < -0.39 is 0 Å². The van der Waals surface area contributed by atoms with Crippen molar-refractivity contribution in [2.45, 2.75) is 13.3 Å². The van der Waals surface area contributed by atoms with Crippen LogP contribution in [0.4, 0.5) is 10.3 Å². The molecule has 1 N–H and O–H groups in total. The molecule has 1 heterocycles. The first kappa shape index (κ1) is 15.0. The highest BCUT2D eigenvalue weighted by atomic mass is 79.9. The number of aromatic nitrogens is 2. The zero-order valence-corrected chi connectivity index (χ0v) is 13.1. The van der Waals surface area contributed by atoms with Crippen LogP contribution in [-0.2, 0) is 4.74 Å². The molecule has 20 heavy (non-hydrogen) atoms. The van der Waals surface area contributed by atoms with E-state index >= 15 is 0 Å². The molecule has 0 aliphatic rings. The molecule has 0 saturated heterocycles. The first-order valence-electron chi connectivity index (χ1n) is 6.36. The van der Waals surface area contributed by atoms with Gasteiger partial charge in [0.05, 0.1) is 11.4 Å². The molecule has 0 saturated carbocycles. The molecule has 0 aliphatic heterocycles. The van der Waals surface area contributed by atoms with Crippen LogP contribution >= 0.6 is 15.9 Å². The number of rotatable bonds is 6. The van der Waals surface area contributed by atoms with E-state index in [-0.39, 0.29) is 5.82 Å². The molecule has 0 bridgehead atoms. The molecule has 0 spiro atoms. The number of ether oxygens (including phenoxy) is 1. The van der Waals surface area contributed by atoms with E-state index in [0.29, 0.717) is 12.6 Å². The zero-order valence-electron chi connectivity index (χ0n) is 11.5. The fourth-order valence-corrected chi connectivity index (χ4v) is 2.33. The lowest BCUT2D eigenvalue weighted by molar-refractivity contribution is 0.197. The van der Waals surface area contributed by atoms with Crippen molar-refractivity contribution in [3.8, 4) is 5.69 Å². The molecular weight excluding hydrogens is 325 g/mol. The molecule has 0 radical (unpaired) electrons. The first-order valence-corrected chi connectivity index (χ1v) is 7.15. The molecule has 108 valence electrons. The topological polar surface area (TPSA) is 39.1 Å². The van der Waals surface area contributed by atoms with Gasteiger partial charge in [0.25, 0.3) is 0 Å². The Hall–Kier alpha value is -1.40. The molecule has 4 nitrogen and oxygen atoms in total. The second-order valence-electron chi connectivity index (χ2n) is 4.44. The van der Waals surface area contributed by atoms with Crippen molar-refractivity contribution in [1.29, 1.82) is 0 Å². The monoisotopic (exact) mass is 341 g/mol. The largest absolute Gasteiger partial charge is 0.385 e. The van der Waals surface area contributed by atoms with E-state index in [1.165, 1.54) is 12.1 Å². The molecule has 2 aromatic rings. The van der Waals surface area contributed by atoms with Gasteiger partial charge in [0, 0.05) is 30.9 Å². The lowest BCUT2D eigenvalue weighted by Crippen LogP contribution is -2.09. The number of benzene rings is 1. The lowest BCUT2D eigenvalue weighted by Gasteiger charge is -2.11. The van der Waals surface area contributed by atoms with Crippen LogP contribution < -0.4 is 5.32 Å². The summed E-state index contributed by atoms with van der Waals surface area (Å²) in [6.07, 6.45) is 2.75. The van der Waals surface area contributed by atoms with Crippen molar-refractivity contribution < 1.29 is 9.13 Å². The van der Waals surface area contributed by atoms with Crippen LogP contribution in [0, 0.1) is 12.7 Å². The van der Waals surface area contributed by atoms with Crippen molar-refractivity contribution in [3.05, 3.63) is 40.4 Å². The minimum absolute atomic E-state index is 0.278. The normalized spacial score (nSPS) is 10.8. The van der Waals surface area contributed by atoms with Crippen molar-refractivity contribution in [2.24, 2.45) is 0 Å². The Labute approximate surface area is 126 Å². The number of nitrogens with one attached hydrogen (secondary N) is 1. The van der Waals surface area contributed by atoms with Crippen LogP contribution in [0.25, 0.3) is 5.69 Å². The van der Waals surface area contributed by atoms with Crippen molar-refractivity contribution in [3.63, 3.8) is 0 Å². The smallest absolute Gasteiger partial charge is 0.207 e. The fraction of sp³-hybridized carbons (Fsp3) is 0.357. The molecule has 0 amide bonds. The van der Waals surface area contributed by atoms with E-state index in [4.69, 9.17) is 4.74 Å². The van der Waals surface area contributed by atoms with Crippen molar-refractivity contribution in [1.82, 2.24) is 9.55 Å². The number of nitrogens with zero attached hydrogens (tertiary/aromatic N) is 2. The van der Waals surface area contributed by atoms with Gasteiger partial charge in [0.2, 0.25) is 5.95 Å². The summed E-state index contributed by atoms with van der Waals surface area (Å²) in [5.74, 6) is 0.421. The van der Waals surface area contributed by atoms with E-state index in [2.05, 4.69) is 26.2 Å². The Bertz CT molecular complexity index is 586. The van der Waals surface area contributed by atoms with Gasteiger partial charge in [-0.2, -0.15) is 0 Å². The number of imidazole rings is 1. The summed E-state index contributed by atoms with van der Waals surface area (Å²) in [5.41, 5.74) is 1.59. The average Bonchev–Trinajstić information content (AvgIpc) is 2.78. The van der Waals surface area contributed by atoms with Crippen molar-refractivity contribution >= 4 is 21.9 Å². The molecular formula is C14H17BrFN3O. The van der Waals surface area contributed by atoms with E-state index in [1.807, 2.05) is 17.7 Å². The first-order chi connectivity index (χ1) is 9.61. The Morgan fingerprint density at radius 1 is 1.45 bits per heavy atom. The van der Waals surface area contributed by atoms with Gasteiger partial charge in [0.15, 0.2) is 0 Å². The van der Waals surface area contributed by atoms with Gasteiger partial charge in [-0.25, -0.2) is 9.37 Å². The van der Waals surface area contributed by atoms with E-state index in [9.17, 15) is 4.39 Å². The van der Waals surface area contributed by atoms with Crippen LogP contribution in [-0.4, -0.2) is 29.8 Å². The standard InChI is InChI=1S/C14H17BrFN3O/c1-10-9-19(13-8-11(16)4-5-12(13)15)14(18-10)17-6-3-7-20-2/h4-5,8-9H,3,6-7H2,1-2H3,(H,17,18). The summed E-state index contributed by atoms with van der Waals surface area (Å²) in [7, 11) is 1.68. The zero-order chi connectivity index (χ0) is 14.5. The van der Waals surface area contributed by atoms with Crippen LogP contribution in [0.2, 0.25) is 0 Å². The molecule has 2 rings (SSSR count). The highest BCUT2D eigenvalue weighted by Crippen LogP contribution is 2.25. The second-order valence-corrected chi connectivity index (χ2v) is 5.30. The molecule has 0 unspecified atom stereocenters. The summed E-state index contributed by atoms with van der Waals surface area (Å²) in [6.45, 7) is 3.34. The minimum Gasteiger partial charge on any atom is -0.385 e. The quantitative estimate of drug-likeness (QED) is 0.817. The molecule has 1 aromatic carbocycles. The third-order valence-electron chi connectivity index (χ3n) is 2.80. The molecule has 1 aromatic heterocycles. The van der Waals surface area contributed by atoms with Crippen LogP contribution in [0.1, 0.15) is 12.1 Å². The predicted octanol–water partition coefficient (Wildman–Crippen LogP) is 3.53. The third-order valence-corrected chi connectivity index (χ3v) is 3.47. The van der Waals surface area contributed by atoms with Crippen LogP contribution in [0.15, 0.2) is 28.9 Å². The van der Waals surface area contributed by atoms with Gasteiger partial charge in [-0.05, 0) is 47.5 Å². The Morgan fingerprint density at radius 3 is 3.00 bits per heavy atom. The number of halogens is 2. The molecule has 6 heteroatoms. The molecule has 0 atom stereocenters. The van der Waals surface area contributed by atoms with Gasteiger partial charge in [-0.3, -0.25) is 4.57 Å². The molecule has 0 fully saturated rings. The van der Waals surface area contributed by atoms with Gasteiger partial charge in [-0.15, -0.1) is 0 Å². The van der Waals surface area contributed by atoms with E-state index in [1.54, 1.807) is 13.2 Å². The third kappa shape index (κ3) is 3.58. The van der Waals surface area contributed by atoms with Crippen molar-refractivity contribution in [2.75, 3.05) is 25.6 Å². The Kier molecular flexibility index (Phi) is 5.14. The Morgan fingerprint density at radius 2 is 2.25 bits per heavy atom. The van der Waals surface area contributed by atoms with Crippen LogP contribution in [0.3, 0.4) is 0 Å². The summed E-state index contributed by atoms with van der Waals surface area (Å²) in [6, 6.07) is 4.59. The lowest BCUT2D eigenvalue weighted by atomic mass is 10.3. The van der Waals surface area contributed by atoms with Gasteiger partial charge in [0.1, 0.15) is 5.82 Å². The number of hydrogen-bond donors (Lipinski definition) is 1. The average molecular weight is 342 g/mol. The maximum atomic E-state index is 13.4. The second kappa shape index (κ2) is 6.85. The highest BCUT2D eigenvalue weighted by Gasteiger charge is 2.11. The summed E-state index contributed by atoms with van der Waals surface area (Å²) in [4.78, 5) is 4.42. The van der Waals surface area contributed by atoms with Gasteiger partial charge in [-0.1, -0.05) is 0 Å². The van der Waals surface area contributed by atoms with E-state index in [0.717, 1.165) is 28.8 Å². The minimum atomic E-state index is -0.278. The molecule has 0 aliphatic carbocycles. The number of anilines is 1. The fourth-order valence-electron chi connectivity index (χ4n) is 1.89. The maximum Gasteiger partial charge on any atom is 0.207 e. The van der Waals surface area contributed by atoms with Crippen LogP contribution in [0.5, 0.6) is 0 Å². The van der Waals surface area contributed by atoms with Gasteiger partial charge >= 0.3 is 0 Å². The number of methoxy groups -OCH3 is 1. The summed E-state index contributed by atoms with van der Waals surface area (Å²) in [5, 5.41) is 3.24.